The number of halogens is 2. The summed E-state index contributed by atoms with van der Waals surface area (Å²) in [7, 11) is 0. The molecule has 1 amide bonds. The van der Waals surface area contributed by atoms with Crippen molar-refractivity contribution in [3.8, 4) is 0 Å². The van der Waals surface area contributed by atoms with E-state index in [0.717, 1.165) is 36.7 Å². The van der Waals surface area contributed by atoms with E-state index < -0.39 is 0 Å². The highest BCUT2D eigenvalue weighted by Crippen LogP contribution is 2.27. The van der Waals surface area contributed by atoms with Crippen molar-refractivity contribution in [1.29, 1.82) is 0 Å². The first-order chi connectivity index (χ1) is 9.13. The molecule has 1 saturated heterocycles. The topological polar surface area (TPSA) is 20.3 Å². The van der Waals surface area contributed by atoms with Crippen LogP contribution in [0.2, 0.25) is 5.02 Å². The van der Waals surface area contributed by atoms with Gasteiger partial charge in [0, 0.05) is 22.1 Å². The Kier molecular flexibility index (Phi) is 5.28. The molecule has 1 aromatic rings. The first kappa shape index (κ1) is 14.9. The van der Waals surface area contributed by atoms with Gasteiger partial charge in [-0.05, 0) is 59.8 Å². The fourth-order valence-electron chi connectivity index (χ4n) is 2.72. The van der Waals surface area contributed by atoms with Gasteiger partial charge >= 0.3 is 0 Å². The van der Waals surface area contributed by atoms with E-state index >= 15 is 0 Å². The summed E-state index contributed by atoms with van der Waals surface area (Å²) in [6.07, 6.45) is 5.65. The molecule has 1 unspecified atom stereocenters. The smallest absolute Gasteiger partial charge is 0.255 e. The number of amides is 1. The number of piperidine rings is 1. The number of hydrogen-bond acceptors (Lipinski definition) is 1. The predicted octanol–water partition coefficient (Wildman–Crippen LogP) is 4.90. The quantitative estimate of drug-likeness (QED) is 0.764. The van der Waals surface area contributed by atoms with Crippen LogP contribution in [0.4, 0.5) is 0 Å². The second-order valence-electron chi connectivity index (χ2n) is 5.06. The highest BCUT2D eigenvalue weighted by Gasteiger charge is 2.27. The molecular weight excluding hydrogens is 326 g/mol. The molecule has 104 valence electrons. The molecule has 1 atom stereocenters. The molecule has 0 aromatic heterocycles. The van der Waals surface area contributed by atoms with Gasteiger partial charge < -0.3 is 4.90 Å². The monoisotopic (exact) mass is 343 g/mol. The molecule has 0 spiro atoms. The SMILES string of the molecule is CCCC1CCCCN1C(=O)c1cc(Cl)ccc1Br. The molecule has 2 nitrogen and oxygen atoms in total. The number of rotatable bonds is 3. The third-order valence-corrected chi connectivity index (χ3v) is 4.60. The van der Waals surface area contributed by atoms with Crippen LogP contribution < -0.4 is 0 Å². The molecule has 4 heteroatoms. The molecule has 0 N–H and O–H groups in total. The average molecular weight is 345 g/mol. The summed E-state index contributed by atoms with van der Waals surface area (Å²) in [5, 5.41) is 0.607. The number of carbonyl (C=O) groups is 1. The Morgan fingerprint density at radius 1 is 1.47 bits per heavy atom. The summed E-state index contributed by atoms with van der Waals surface area (Å²) in [5.74, 6) is 0.104. The van der Waals surface area contributed by atoms with E-state index in [4.69, 9.17) is 11.6 Å². The van der Waals surface area contributed by atoms with E-state index in [9.17, 15) is 4.79 Å². The van der Waals surface area contributed by atoms with Crippen molar-refractivity contribution in [2.45, 2.75) is 45.1 Å². The van der Waals surface area contributed by atoms with Crippen LogP contribution in [-0.4, -0.2) is 23.4 Å². The van der Waals surface area contributed by atoms with Crippen LogP contribution in [0.15, 0.2) is 22.7 Å². The Labute approximate surface area is 128 Å². The van der Waals surface area contributed by atoms with Crippen LogP contribution in [-0.2, 0) is 0 Å². The van der Waals surface area contributed by atoms with Gasteiger partial charge in [0.25, 0.3) is 5.91 Å². The first-order valence-corrected chi connectivity index (χ1v) is 8.06. The van der Waals surface area contributed by atoms with Crippen LogP contribution in [0.3, 0.4) is 0 Å². The predicted molar refractivity (Wildman–Crippen MR) is 82.7 cm³/mol. The van der Waals surface area contributed by atoms with Crippen molar-refractivity contribution in [3.05, 3.63) is 33.3 Å². The van der Waals surface area contributed by atoms with E-state index in [0.29, 0.717) is 16.6 Å². The Hall–Kier alpha value is -0.540. The van der Waals surface area contributed by atoms with Crippen molar-refractivity contribution in [2.75, 3.05) is 6.54 Å². The van der Waals surface area contributed by atoms with Crippen LogP contribution >= 0.6 is 27.5 Å². The van der Waals surface area contributed by atoms with E-state index in [2.05, 4.69) is 22.9 Å². The lowest BCUT2D eigenvalue weighted by Gasteiger charge is -2.36. The summed E-state index contributed by atoms with van der Waals surface area (Å²) in [6, 6.07) is 5.78. The van der Waals surface area contributed by atoms with Gasteiger partial charge in [-0.2, -0.15) is 0 Å². The lowest BCUT2D eigenvalue weighted by molar-refractivity contribution is 0.0599. The molecule has 0 aliphatic carbocycles. The number of carbonyl (C=O) groups excluding carboxylic acids is 1. The maximum atomic E-state index is 12.7. The minimum Gasteiger partial charge on any atom is -0.336 e. The zero-order valence-corrected chi connectivity index (χ0v) is 13.5. The lowest BCUT2D eigenvalue weighted by atomic mass is 9.97. The molecule has 0 bridgehead atoms. The number of hydrogen-bond donors (Lipinski definition) is 0. The van der Waals surface area contributed by atoms with Crippen LogP contribution in [0.5, 0.6) is 0 Å². The van der Waals surface area contributed by atoms with Crippen molar-refractivity contribution < 1.29 is 4.79 Å². The third-order valence-electron chi connectivity index (χ3n) is 3.67. The highest BCUT2D eigenvalue weighted by atomic mass is 79.9. The minimum atomic E-state index is 0.104. The van der Waals surface area contributed by atoms with Gasteiger partial charge in [-0.25, -0.2) is 0 Å². The molecule has 2 rings (SSSR count). The summed E-state index contributed by atoms with van der Waals surface area (Å²) in [5.41, 5.74) is 0.676. The molecule has 1 aromatic carbocycles. The molecule has 0 saturated carbocycles. The average Bonchev–Trinajstić information content (AvgIpc) is 2.42. The summed E-state index contributed by atoms with van der Waals surface area (Å²) in [4.78, 5) is 14.7. The van der Waals surface area contributed by atoms with Gasteiger partial charge in [-0.1, -0.05) is 24.9 Å². The van der Waals surface area contributed by atoms with Crippen LogP contribution in [0.25, 0.3) is 0 Å². The van der Waals surface area contributed by atoms with Crippen LogP contribution in [0, 0.1) is 0 Å². The van der Waals surface area contributed by atoms with Gasteiger partial charge in [0.1, 0.15) is 0 Å². The molecule has 1 heterocycles. The Balaban J connectivity index is 2.23. The van der Waals surface area contributed by atoms with Crippen LogP contribution in [0.1, 0.15) is 49.4 Å². The second kappa shape index (κ2) is 6.76. The van der Waals surface area contributed by atoms with E-state index in [1.54, 1.807) is 12.1 Å². The van der Waals surface area contributed by atoms with E-state index in [1.807, 2.05) is 11.0 Å². The fraction of sp³-hybridized carbons (Fsp3) is 0.533. The summed E-state index contributed by atoms with van der Waals surface area (Å²) >= 11 is 9.46. The van der Waals surface area contributed by atoms with Gasteiger partial charge in [0.2, 0.25) is 0 Å². The van der Waals surface area contributed by atoms with Crippen molar-refractivity contribution >= 4 is 33.4 Å². The van der Waals surface area contributed by atoms with E-state index in [-0.39, 0.29) is 5.91 Å². The molecule has 0 radical (unpaired) electrons. The van der Waals surface area contributed by atoms with Crippen molar-refractivity contribution in [1.82, 2.24) is 4.90 Å². The minimum absolute atomic E-state index is 0.104. The highest BCUT2D eigenvalue weighted by molar-refractivity contribution is 9.10. The van der Waals surface area contributed by atoms with Crippen molar-refractivity contribution in [2.24, 2.45) is 0 Å². The molecule has 1 aliphatic heterocycles. The fourth-order valence-corrected chi connectivity index (χ4v) is 3.31. The van der Waals surface area contributed by atoms with Gasteiger partial charge in [-0.15, -0.1) is 0 Å². The standard InChI is InChI=1S/C15H19BrClNO/c1-2-5-12-6-3-4-9-18(12)15(19)13-10-11(17)7-8-14(13)16/h7-8,10,12H,2-6,9H2,1H3. The number of likely N-dealkylation sites (tertiary alicyclic amines) is 1. The molecular formula is C15H19BrClNO. The summed E-state index contributed by atoms with van der Waals surface area (Å²) in [6.45, 7) is 3.04. The van der Waals surface area contributed by atoms with E-state index in [1.165, 1.54) is 6.42 Å². The maximum absolute atomic E-state index is 12.7. The van der Waals surface area contributed by atoms with Gasteiger partial charge in [0.15, 0.2) is 0 Å². The Bertz CT molecular complexity index is 461. The van der Waals surface area contributed by atoms with Crippen molar-refractivity contribution in [3.63, 3.8) is 0 Å². The first-order valence-electron chi connectivity index (χ1n) is 6.89. The van der Waals surface area contributed by atoms with Gasteiger partial charge in [0.05, 0.1) is 5.56 Å². The third kappa shape index (κ3) is 3.51. The zero-order valence-electron chi connectivity index (χ0n) is 11.2. The normalized spacial score (nSPS) is 19.5. The zero-order chi connectivity index (χ0) is 13.8. The maximum Gasteiger partial charge on any atom is 0.255 e. The second-order valence-corrected chi connectivity index (χ2v) is 6.35. The lowest BCUT2D eigenvalue weighted by Crippen LogP contribution is -2.43. The largest absolute Gasteiger partial charge is 0.336 e. The summed E-state index contributed by atoms with van der Waals surface area (Å²) < 4.78 is 0.822. The Morgan fingerprint density at radius 2 is 2.26 bits per heavy atom. The Morgan fingerprint density at radius 3 is 3.00 bits per heavy atom. The molecule has 1 aliphatic rings. The number of nitrogens with zero attached hydrogens (tertiary/aromatic N) is 1. The number of benzene rings is 1. The molecule has 1 fully saturated rings. The van der Waals surface area contributed by atoms with Gasteiger partial charge in [-0.3, -0.25) is 4.79 Å². The molecule has 19 heavy (non-hydrogen) atoms.